The molecule has 0 aliphatic heterocycles. The van der Waals surface area contributed by atoms with Crippen molar-refractivity contribution in [3.05, 3.63) is 29.3 Å². The van der Waals surface area contributed by atoms with Crippen molar-refractivity contribution in [2.75, 3.05) is 0 Å². The Morgan fingerprint density at radius 2 is 1.86 bits per heavy atom. The number of alkyl halides is 3. The van der Waals surface area contributed by atoms with Gasteiger partial charge >= 0.3 is 6.18 Å². The highest BCUT2D eigenvalue weighted by molar-refractivity contribution is 6.33. The molecule has 0 spiro atoms. The molecule has 1 aromatic carbocycles. The van der Waals surface area contributed by atoms with Crippen LogP contribution in [-0.4, -0.2) is 7.85 Å². The van der Waals surface area contributed by atoms with Crippen LogP contribution < -0.4 is 5.46 Å². The van der Waals surface area contributed by atoms with E-state index in [4.69, 9.17) is 7.85 Å². The summed E-state index contributed by atoms with van der Waals surface area (Å²) in [7, 11) is 5.35. The van der Waals surface area contributed by atoms with Crippen molar-refractivity contribution < 1.29 is 13.2 Å². The summed E-state index contributed by atoms with van der Waals surface area (Å²) >= 11 is 0. The third kappa shape index (κ3) is 1.79. The number of halogens is 3. The van der Waals surface area contributed by atoms with Gasteiger partial charge in [0.2, 0.25) is 0 Å². The summed E-state index contributed by atoms with van der Waals surface area (Å²) in [6.07, 6.45) is -2.22. The number of benzene rings is 1. The van der Waals surface area contributed by atoms with Gasteiger partial charge in [-0.1, -0.05) is 23.7 Å². The first-order valence-corrected chi connectivity index (χ1v) is 4.45. The van der Waals surface area contributed by atoms with Crippen LogP contribution in [-0.2, 0) is 6.18 Å². The molecule has 1 fully saturated rings. The first kappa shape index (κ1) is 9.62. The molecule has 0 saturated heterocycles. The van der Waals surface area contributed by atoms with Crippen molar-refractivity contribution in [3.8, 4) is 0 Å². The molecule has 2 radical (unpaired) electrons. The zero-order valence-electron chi connectivity index (χ0n) is 7.43. The summed E-state index contributed by atoms with van der Waals surface area (Å²) < 4.78 is 37.0. The molecule has 1 aliphatic rings. The van der Waals surface area contributed by atoms with Gasteiger partial charge in [0, 0.05) is 5.56 Å². The lowest BCUT2D eigenvalue weighted by Gasteiger charge is -2.11. The zero-order valence-corrected chi connectivity index (χ0v) is 7.43. The molecule has 14 heavy (non-hydrogen) atoms. The second-order valence-electron chi connectivity index (χ2n) is 3.62. The fourth-order valence-electron chi connectivity index (χ4n) is 1.51. The lowest BCUT2D eigenvalue weighted by molar-refractivity contribution is -0.136. The molecule has 0 unspecified atom stereocenters. The molecule has 0 amide bonds. The molecular formula is C10H8BF3. The topological polar surface area (TPSA) is 0 Å². The van der Waals surface area contributed by atoms with Crippen molar-refractivity contribution in [3.63, 3.8) is 0 Å². The van der Waals surface area contributed by atoms with Crippen LogP contribution in [0.2, 0.25) is 0 Å². The van der Waals surface area contributed by atoms with E-state index in [2.05, 4.69) is 0 Å². The Kier molecular flexibility index (Phi) is 2.09. The van der Waals surface area contributed by atoms with E-state index in [9.17, 15) is 13.2 Å². The van der Waals surface area contributed by atoms with Crippen molar-refractivity contribution in [1.29, 1.82) is 0 Å². The molecule has 0 bridgehead atoms. The summed E-state index contributed by atoms with van der Waals surface area (Å²) in [5.41, 5.74) is 0.0271. The van der Waals surface area contributed by atoms with Gasteiger partial charge in [-0.2, -0.15) is 13.2 Å². The Labute approximate surface area is 81.5 Å². The van der Waals surface area contributed by atoms with Crippen LogP contribution in [0.4, 0.5) is 13.2 Å². The molecule has 0 N–H and O–H groups in total. The molecule has 0 aromatic heterocycles. The van der Waals surface area contributed by atoms with Crippen molar-refractivity contribution >= 4 is 13.3 Å². The van der Waals surface area contributed by atoms with Crippen LogP contribution in [0.5, 0.6) is 0 Å². The predicted molar refractivity (Wildman–Crippen MR) is 48.8 cm³/mol. The molecule has 0 heterocycles. The smallest absolute Gasteiger partial charge is 0.166 e. The van der Waals surface area contributed by atoms with E-state index < -0.39 is 11.7 Å². The van der Waals surface area contributed by atoms with E-state index in [-0.39, 0.29) is 5.46 Å². The summed E-state index contributed by atoms with van der Waals surface area (Å²) in [5.74, 6) is 0.430. The van der Waals surface area contributed by atoms with E-state index in [1.54, 1.807) is 0 Å². The SMILES string of the molecule is [B]c1cc(C2CC2)ccc1C(F)(F)F. The van der Waals surface area contributed by atoms with Crippen molar-refractivity contribution in [1.82, 2.24) is 0 Å². The third-order valence-corrected chi connectivity index (χ3v) is 2.43. The minimum absolute atomic E-state index is 0.165. The first-order valence-electron chi connectivity index (χ1n) is 4.45. The maximum atomic E-state index is 12.3. The number of hydrogen-bond donors (Lipinski definition) is 0. The van der Waals surface area contributed by atoms with Crippen LogP contribution in [0.25, 0.3) is 0 Å². The molecule has 0 atom stereocenters. The summed E-state index contributed by atoms with van der Waals surface area (Å²) in [4.78, 5) is 0. The Hall–Kier alpha value is -0.925. The van der Waals surface area contributed by atoms with Crippen LogP contribution in [0.3, 0.4) is 0 Å². The second-order valence-corrected chi connectivity index (χ2v) is 3.62. The van der Waals surface area contributed by atoms with Gasteiger partial charge in [-0.15, -0.1) is 0 Å². The average molecular weight is 196 g/mol. The highest BCUT2D eigenvalue weighted by atomic mass is 19.4. The Morgan fingerprint density at radius 1 is 1.21 bits per heavy atom. The van der Waals surface area contributed by atoms with E-state index in [0.29, 0.717) is 5.92 Å². The van der Waals surface area contributed by atoms with Crippen LogP contribution in [0.1, 0.15) is 29.9 Å². The molecule has 0 nitrogen and oxygen atoms in total. The maximum Gasteiger partial charge on any atom is 0.415 e. The van der Waals surface area contributed by atoms with Crippen LogP contribution in [0.15, 0.2) is 18.2 Å². The highest BCUT2D eigenvalue weighted by Crippen LogP contribution is 2.40. The molecule has 72 valence electrons. The largest absolute Gasteiger partial charge is 0.415 e. The maximum absolute atomic E-state index is 12.3. The van der Waals surface area contributed by atoms with E-state index in [1.165, 1.54) is 12.1 Å². The van der Waals surface area contributed by atoms with Gasteiger partial charge < -0.3 is 0 Å². The zero-order chi connectivity index (χ0) is 10.3. The lowest BCUT2D eigenvalue weighted by Crippen LogP contribution is -2.20. The first-order chi connectivity index (χ1) is 6.48. The van der Waals surface area contributed by atoms with Gasteiger partial charge in [0.15, 0.2) is 0 Å². The second kappa shape index (κ2) is 3.04. The highest BCUT2D eigenvalue weighted by Gasteiger charge is 2.32. The predicted octanol–water partition coefficient (Wildman–Crippen LogP) is 2.38. The van der Waals surface area contributed by atoms with Gasteiger partial charge in [-0.3, -0.25) is 0 Å². The molecule has 1 aromatic rings. The number of rotatable bonds is 1. The fraction of sp³-hybridized carbons (Fsp3) is 0.400. The van der Waals surface area contributed by atoms with E-state index >= 15 is 0 Å². The standard InChI is InChI=1S/C10H8BF3/c11-9-5-7(6-1-2-6)3-4-8(9)10(12,13)14/h3-6H,1-2H2. The lowest BCUT2D eigenvalue weighted by atomic mass is 9.88. The van der Waals surface area contributed by atoms with Gasteiger partial charge in [0.25, 0.3) is 0 Å². The Bertz CT molecular complexity index is 353. The van der Waals surface area contributed by atoms with Gasteiger partial charge in [-0.25, -0.2) is 0 Å². The average Bonchev–Trinajstić information content (AvgIpc) is 2.83. The van der Waals surface area contributed by atoms with Gasteiger partial charge in [0.05, 0.1) is 0 Å². The normalized spacial score (nSPS) is 17.1. The molecular weight excluding hydrogens is 188 g/mol. The summed E-state index contributed by atoms with van der Waals surface area (Å²) in [6.45, 7) is 0. The van der Waals surface area contributed by atoms with Gasteiger partial charge in [0.1, 0.15) is 7.85 Å². The van der Waals surface area contributed by atoms with Crippen molar-refractivity contribution in [2.45, 2.75) is 24.9 Å². The van der Waals surface area contributed by atoms with Crippen LogP contribution in [0, 0.1) is 0 Å². The Morgan fingerprint density at radius 3 is 2.29 bits per heavy atom. The molecule has 1 aliphatic carbocycles. The summed E-state index contributed by atoms with van der Waals surface area (Å²) in [5, 5.41) is 0. The monoisotopic (exact) mass is 196 g/mol. The summed E-state index contributed by atoms with van der Waals surface area (Å²) in [6, 6.07) is 4.04. The fourth-order valence-corrected chi connectivity index (χ4v) is 1.51. The van der Waals surface area contributed by atoms with E-state index in [1.807, 2.05) is 0 Å². The molecule has 2 rings (SSSR count). The van der Waals surface area contributed by atoms with Gasteiger partial charge in [-0.05, 0) is 24.3 Å². The Balaban J connectivity index is 2.35. The van der Waals surface area contributed by atoms with Crippen molar-refractivity contribution in [2.24, 2.45) is 0 Å². The van der Waals surface area contributed by atoms with Crippen LogP contribution >= 0.6 is 0 Å². The quantitative estimate of drug-likeness (QED) is 0.604. The third-order valence-electron chi connectivity index (χ3n) is 2.43. The van der Waals surface area contributed by atoms with E-state index in [0.717, 1.165) is 24.5 Å². The molecule has 1 saturated carbocycles. The minimum Gasteiger partial charge on any atom is -0.166 e. The number of hydrogen-bond acceptors (Lipinski definition) is 0. The minimum atomic E-state index is -4.34. The molecule has 4 heteroatoms.